The third-order valence-corrected chi connectivity index (χ3v) is 2.05. The minimum atomic E-state index is 0.599. The van der Waals surface area contributed by atoms with Crippen LogP contribution in [0, 0.1) is 0 Å². The molecule has 1 aromatic carbocycles. The van der Waals surface area contributed by atoms with Gasteiger partial charge in [-0.3, -0.25) is 9.78 Å². The highest BCUT2D eigenvalue weighted by atomic mass is 16.5. The van der Waals surface area contributed by atoms with E-state index in [1.54, 1.807) is 25.4 Å². The van der Waals surface area contributed by atoms with Crippen LogP contribution in [0.1, 0.15) is 10.4 Å². The lowest BCUT2D eigenvalue weighted by Crippen LogP contribution is -1.90. The number of fused-ring (bicyclic) bond motifs is 1. The third-order valence-electron chi connectivity index (χ3n) is 2.05. The van der Waals surface area contributed by atoms with E-state index >= 15 is 0 Å². The lowest BCUT2D eigenvalue weighted by molar-refractivity contribution is 0.112. The first-order chi connectivity index (χ1) is 6.85. The van der Waals surface area contributed by atoms with Crippen LogP contribution in [0.4, 0.5) is 0 Å². The zero-order valence-corrected chi connectivity index (χ0v) is 7.73. The summed E-state index contributed by atoms with van der Waals surface area (Å²) in [6.07, 6.45) is 2.50. The molecule has 0 atom stereocenters. The van der Waals surface area contributed by atoms with Crippen LogP contribution in [0.2, 0.25) is 0 Å². The Balaban J connectivity index is 2.79. The van der Waals surface area contributed by atoms with Crippen molar-refractivity contribution >= 4 is 17.2 Å². The lowest BCUT2D eigenvalue weighted by atomic mass is 10.1. The molecular formula is C11H9NO2. The van der Waals surface area contributed by atoms with Gasteiger partial charge in [-0.15, -0.1) is 0 Å². The van der Waals surface area contributed by atoms with Gasteiger partial charge in [0.05, 0.1) is 7.11 Å². The van der Waals surface area contributed by atoms with E-state index in [-0.39, 0.29) is 0 Å². The molecule has 1 heterocycles. The van der Waals surface area contributed by atoms with Crippen molar-refractivity contribution in [3.63, 3.8) is 0 Å². The van der Waals surface area contributed by atoms with E-state index in [9.17, 15) is 4.79 Å². The van der Waals surface area contributed by atoms with Gasteiger partial charge >= 0.3 is 0 Å². The molecule has 0 saturated heterocycles. The maximum atomic E-state index is 10.6. The first-order valence-electron chi connectivity index (χ1n) is 4.23. The zero-order valence-electron chi connectivity index (χ0n) is 7.73. The first-order valence-corrected chi connectivity index (χ1v) is 4.23. The largest absolute Gasteiger partial charge is 0.494 e. The Labute approximate surface area is 81.3 Å². The molecule has 0 unspecified atom stereocenters. The van der Waals surface area contributed by atoms with E-state index < -0.39 is 0 Å². The smallest absolute Gasteiger partial charge is 0.150 e. The Morgan fingerprint density at radius 2 is 2.29 bits per heavy atom. The molecule has 70 valence electrons. The number of methoxy groups -OCH3 is 1. The molecular weight excluding hydrogens is 178 g/mol. The Kier molecular flexibility index (Phi) is 2.14. The molecule has 3 heteroatoms. The number of pyridine rings is 1. The van der Waals surface area contributed by atoms with E-state index in [0.29, 0.717) is 11.3 Å². The second-order valence-corrected chi connectivity index (χ2v) is 2.92. The minimum Gasteiger partial charge on any atom is -0.494 e. The van der Waals surface area contributed by atoms with Gasteiger partial charge in [0, 0.05) is 17.1 Å². The van der Waals surface area contributed by atoms with Crippen LogP contribution in [0.15, 0.2) is 30.5 Å². The Morgan fingerprint density at radius 3 is 3.00 bits per heavy atom. The monoisotopic (exact) mass is 187 g/mol. The summed E-state index contributed by atoms with van der Waals surface area (Å²) in [6.45, 7) is 0. The van der Waals surface area contributed by atoms with Gasteiger partial charge in [-0.2, -0.15) is 0 Å². The topological polar surface area (TPSA) is 39.2 Å². The summed E-state index contributed by atoms with van der Waals surface area (Å²) in [6, 6.07) is 7.20. The summed E-state index contributed by atoms with van der Waals surface area (Å²) in [5.74, 6) is 0.630. The molecule has 2 aromatic rings. The van der Waals surface area contributed by atoms with E-state index in [2.05, 4.69) is 4.98 Å². The maximum Gasteiger partial charge on any atom is 0.150 e. The average Bonchev–Trinajstić information content (AvgIpc) is 2.27. The molecule has 0 N–H and O–H groups in total. The van der Waals surface area contributed by atoms with Crippen molar-refractivity contribution in [3.8, 4) is 5.75 Å². The summed E-state index contributed by atoms with van der Waals surface area (Å²) in [5, 5.41) is 0.911. The summed E-state index contributed by atoms with van der Waals surface area (Å²) < 4.78 is 5.15. The quantitative estimate of drug-likeness (QED) is 0.675. The number of benzene rings is 1. The molecule has 0 radical (unpaired) electrons. The van der Waals surface area contributed by atoms with Gasteiger partial charge in [0.2, 0.25) is 0 Å². The molecule has 0 spiro atoms. The van der Waals surface area contributed by atoms with Crippen LogP contribution < -0.4 is 4.74 Å². The summed E-state index contributed by atoms with van der Waals surface area (Å²) >= 11 is 0. The summed E-state index contributed by atoms with van der Waals surface area (Å²) in [5.41, 5.74) is 1.38. The van der Waals surface area contributed by atoms with Crippen molar-refractivity contribution in [1.82, 2.24) is 4.98 Å². The van der Waals surface area contributed by atoms with Gasteiger partial charge < -0.3 is 4.74 Å². The number of ether oxygens (including phenoxy) is 1. The van der Waals surface area contributed by atoms with Gasteiger partial charge in [0.25, 0.3) is 0 Å². The number of carbonyl (C=O) groups excluding carboxylic acids is 1. The van der Waals surface area contributed by atoms with E-state index in [1.807, 2.05) is 12.1 Å². The molecule has 2 rings (SSSR count). The number of carbonyl (C=O) groups is 1. The first kappa shape index (κ1) is 8.69. The van der Waals surface area contributed by atoms with Gasteiger partial charge in [0.15, 0.2) is 0 Å². The minimum absolute atomic E-state index is 0.599. The molecule has 0 amide bonds. The summed E-state index contributed by atoms with van der Waals surface area (Å²) in [4.78, 5) is 14.8. The molecule has 3 nitrogen and oxygen atoms in total. The lowest BCUT2D eigenvalue weighted by Gasteiger charge is -2.04. The molecule has 0 aliphatic rings. The average molecular weight is 187 g/mol. The predicted molar refractivity (Wildman–Crippen MR) is 53.7 cm³/mol. The standard InChI is InChI=1S/C11H9NO2/c1-14-10-6-8(7-13)5-9-3-2-4-12-11(9)10/h2-7H,1H3. The number of aromatic nitrogens is 1. The van der Waals surface area contributed by atoms with Gasteiger partial charge in [-0.05, 0) is 18.2 Å². The second-order valence-electron chi connectivity index (χ2n) is 2.92. The third kappa shape index (κ3) is 1.33. The van der Waals surface area contributed by atoms with E-state index in [0.717, 1.165) is 17.2 Å². The Morgan fingerprint density at radius 1 is 1.43 bits per heavy atom. The highest BCUT2D eigenvalue weighted by Crippen LogP contribution is 2.24. The fourth-order valence-electron chi connectivity index (χ4n) is 1.40. The van der Waals surface area contributed by atoms with E-state index in [1.165, 1.54) is 0 Å². The van der Waals surface area contributed by atoms with E-state index in [4.69, 9.17) is 4.74 Å². The molecule has 0 aliphatic carbocycles. The number of aldehydes is 1. The maximum absolute atomic E-state index is 10.6. The molecule has 0 fully saturated rings. The fraction of sp³-hybridized carbons (Fsp3) is 0.0909. The van der Waals surface area contributed by atoms with Crippen molar-refractivity contribution in [3.05, 3.63) is 36.0 Å². The fourth-order valence-corrected chi connectivity index (χ4v) is 1.40. The Hall–Kier alpha value is -1.90. The molecule has 0 bridgehead atoms. The molecule has 0 aliphatic heterocycles. The second kappa shape index (κ2) is 3.46. The zero-order chi connectivity index (χ0) is 9.97. The number of nitrogens with zero attached hydrogens (tertiary/aromatic N) is 1. The highest BCUT2D eigenvalue weighted by molar-refractivity contribution is 5.90. The van der Waals surface area contributed by atoms with Crippen LogP contribution in [-0.2, 0) is 0 Å². The van der Waals surface area contributed by atoms with Gasteiger partial charge in [-0.1, -0.05) is 6.07 Å². The molecule has 0 saturated carbocycles. The SMILES string of the molecule is COc1cc(C=O)cc2cccnc12. The highest BCUT2D eigenvalue weighted by Gasteiger charge is 2.04. The van der Waals surface area contributed by atoms with Crippen LogP contribution >= 0.6 is 0 Å². The molecule has 14 heavy (non-hydrogen) atoms. The molecule has 1 aromatic heterocycles. The van der Waals surface area contributed by atoms with Crippen LogP contribution in [0.5, 0.6) is 5.75 Å². The van der Waals surface area contributed by atoms with Gasteiger partial charge in [0.1, 0.15) is 17.6 Å². The van der Waals surface area contributed by atoms with Gasteiger partial charge in [-0.25, -0.2) is 0 Å². The Bertz CT molecular complexity index is 480. The number of hydrogen-bond donors (Lipinski definition) is 0. The summed E-state index contributed by atoms with van der Waals surface area (Å²) in [7, 11) is 1.57. The van der Waals surface area contributed by atoms with Crippen molar-refractivity contribution < 1.29 is 9.53 Å². The van der Waals surface area contributed by atoms with Crippen LogP contribution in [0.3, 0.4) is 0 Å². The van der Waals surface area contributed by atoms with Crippen molar-refractivity contribution in [2.75, 3.05) is 7.11 Å². The van der Waals surface area contributed by atoms with Crippen molar-refractivity contribution in [2.24, 2.45) is 0 Å². The van der Waals surface area contributed by atoms with Crippen molar-refractivity contribution in [1.29, 1.82) is 0 Å². The normalized spacial score (nSPS) is 10.1. The van der Waals surface area contributed by atoms with Crippen LogP contribution in [0.25, 0.3) is 10.9 Å². The number of hydrogen-bond acceptors (Lipinski definition) is 3. The number of rotatable bonds is 2. The predicted octanol–water partition coefficient (Wildman–Crippen LogP) is 2.06. The van der Waals surface area contributed by atoms with Crippen LogP contribution in [-0.4, -0.2) is 18.4 Å². The van der Waals surface area contributed by atoms with Crippen molar-refractivity contribution in [2.45, 2.75) is 0 Å².